The highest BCUT2D eigenvalue weighted by atomic mass is 19.1. The third-order valence-electron chi connectivity index (χ3n) is 6.11. The molecule has 0 spiro atoms. The zero-order valence-corrected chi connectivity index (χ0v) is 18.7. The lowest BCUT2D eigenvalue weighted by atomic mass is 9.89. The first kappa shape index (κ1) is 22.7. The number of carbonyl (C=O) groups is 1. The number of anilines is 1. The normalized spacial score (nSPS) is 18.2. The van der Waals surface area contributed by atoms with E-state index in [0.29, 0.717) is 11.3 Å². The first-order chi connectivity index (χ1) is 17.0. The topological polar surface area (TPSA) is 82.9 Å². The molecule has 0 aliphatic carbocycles. The van der Waals surface area contributed by atoms with Gasteiger partial charge < -0.3 is 14.9 Å². The zero-order chi connectivity index (χ0) is 24.4. The van der Waals surface area contributed by atoms with Gasteiger partial charge in [-0.15, -0.1) is 0 Å². The van der Waals surface area contributed by atoms with E-state index < -0.39 is 24.1 Å². The van der Waals surface area contributed by atoms with Crippen LogP contribution in [-0.4, -0.2) is 33.8 Å². The number of hydrogen-bond donors (Lipinski definition) is 2. The van der Waals surface area contributed by atoms with Crippen molar-refractivity contribution < 1.29 is 24.1 Å². The first-order valence-electron chi connectivity index (χ1n) is 11.2. The number of phenols is 1. The molecule has 6 nitrogen and oxygen atoms in total. The number of amides is 1. The van der Waals surface area contributed by atoms with E-state index in [1.54, 1.807) is 41.6 Å². The van der Waals surface area contributed by atoms with Crippen LogP contribution < -0.4 is 4.90 Å². The summed E-state index contributed by atoms with van der Waals surface area (Å²) in [7, 11) is 0. The number of aromatic hydroxyl groups is 1. The molecule has 1 aromatic heterocycles. The van der Waals surface area contributed by atoms with Gasteiger partial charge in [-0.3, -0.25) is 14.7 Å². The van der Waals surface area contributed by atoms with Gasteiger partial charge in [0.1, 0.15) is 17.7 Å². The van der Waals surface area contributed by atoms with Crippen molar-refractivity contribution in [3.8, 4) is 16.9 Å². The van der Waals surface area contributed by atoms with Crippen molar-refractivity contribution in [2.24, 2.45) is 0 Å². The van der Waals surface area contributed by atoms with Crippen LogP contribution in [0.4, 0.5) is 10.1 Å². The molecule has 3 aromatic carbocycles. The van der Waals surface area contributed by atoms with Crippen LogP contribution in [0.2, 0.25) is 0 Å². The summed E-state index contributed by atoms with van der Waals surface area (Å²) in [6.07, 6.45) is 1.68. The smallest absolute Gasteiger partial charge is 0.259 e. The molecule has 1 fully saturated rings. The van der Waals surface area contributed by atoms with Crippen LogP contribution in [-0.2, 0) is 9.53 Å². The van der Waals surface area contributed by atoms with Gasteiger partial charge >= 0.3 is 0 Å². The number of benzene rings is 3. The Labute approximate surface area is 201 Å². The number of nitrogens with zero attached hydrogens (tertiary/aromatic N) is 2. The van der Waals surface area contributed by atoms with Gasteiger partial charge in [-0.25, -0.2) is 4.39 Å². The quantitative estimate of drug-likeness (QED) is 0.379. The number of aliphatic hydroxyl groups excluding tert-OH is 1. The number of aliphatic hydroxyl groups is 1. The van der Waals surface area contributed by atoms with Gasteiger partial charge in [-0.1, -0.05) is 42.5 Å². The molecule has 4 aromatic rings. The van der Waals surface area contributed by atoms with Crippen molar-refractivity contribution in [3.63, 3.8) is 0 Å². The molecule has 1 amide bonds. The number of carbonyl (C=O) groups excluding carboxylic acids is 1. The van der Waals surface area contributed by atoms with Gasteiger partial charge in [0, 0.05) is 18.1 Å². The highest BCUT2D eigenvalue weighted by Gasteiger charge is 2.50. The van der Waals surface area contributed by atoms with Crippen LogP contribution in [0.1, 0.15) is 23.3 Å². The number of hydrogen-bond acceptors (Lipinski definition) is 5. The molecule has 0 radical (unpaired) electrons. The number of aromatic nitrogens is 1. The van der Waals surface area contributed by atoms with Gasteiger partial charge in [-0.2, -0.15) is 0 Å². The van der Waals surface area contributed by atoms with Gasteiger partial charge in [0.25, 0.3) is 5.91 Å². The van der Waals surface area contributed by atoms with Crippen LogP contribution >= 0.6 is 0 Å². The maximum absolute atomic E-state index is 13.2. The molecule has 1 aliphatic heterocycles. The highest BCUT2D eigenvalue weighted by Crippen LogP contribution is 2.42. The molecule has 0 unspecified atom stereocenters. The average molecular weight is 471 g/mol. The molecule has 35 heavy (non-hydrogen) atoms. The maximum atomic E-state index is 13.2. The summed E-state index contributed by atoms with van der Waals surface area (Å²) < 4.78 is 19.1. The fraction of sp³-hybridized carbons (Fsp3) is 0.143. The van der Waals surface area contributed by atoms with Crippen LogP contribution in [0.25, 0.3) is 11.1 Å². The zero-order valence-electron chi connectivity index (χ0n) is 18.7. The van der Waals surface area contributed by atoms with Crippen molar-refractivity contribution in [3.05, 3.63) is 114 Å². The van der Waals surface area contributed by atoms with Crippen molar-refractivity contribution in [1.82, 2.24) is 4.98 Å². The Kier molecular flexibility index (Phi) is 6.27. The average Bonchev–Trinajstić information content (AvgIpc) is 2.89. The molecular weight excluding hydrogens is 447 g/mol. The van der Waals surface area contributed by atoms with Crippen molar-refractivity contribution in [2.45, 2.75) is 18.2 Å². The fourth-order valence-electron chi connectivity index (χ4n) is 4.23. The molecule has 3 atom stereocenters. The SMILES string of the molecule is O=C1[C@H](OC[C@@H](O)c2ccc(F)cc2)[C@@H](c2ccc(O)cc2)N1c1ccc(-c2cccnc2)cc1. The standard InChI is InChI=1S/C28H23FN2O4/c29-22-9-3-19(4-10-22)25(33)17-35-27-26(20-7-13-24(32)14-8-20)31(28(27)34)23-11-5-18(6-12-23)21-2-1-15-30-16-21/h1-16,25-27,32-33H,17H2/t25-,26-,27-/m1/s1. The summed E-state index contributed by atoms with van der Waals surface area (Å²) in [4.78, 5) is 19.0. The molecule has 0 bridgehead atoms. The summed E-state index contributed by atoms with van der Waals surface area (Å²) in [5, 5.41) is 20.2. The Hall–Kier alpha value is -4.07. The molecule has 2 N–H and O–H groups in total. The second kappa shape index (κ2) is 9.66. The lowest BCUT2D eigenvalue weighted by molar-refractivity contribution is -0.145. The van der Waals surface area contributed by atoms with E-state index in [9.17, 15) is 19.4 Å². The lowest BCUT2D eigenvalue weighted by Crippen LogP contribution is -2.60. The Morgan fingerprint density at radius 2 is 1.66 bits per heavy atom. The second-order valence-corrected chi connectivity index (χ2v) is 8.35. The highest BCUT2D eigenvalue weighted by molar-refractivity contribution is 6.05. The fourth-order valence-corrected chi connectivity index (χ4v) is 4.23. The van der Waals surface area contributed by atoms with Crippen LogP contribution in [0.5, 0.6) is 5.75 Å². The number of β-lactam (4-membered cyclic amide) rings is 1. The summed E-state index contributed by atoms with van der Waals surface area (Å²) in [6, 6.07) is 23.1. The van der Waals surface area contributed by atoms with Crippen LogP contribution in [0, 0.1) is 5.82 Å². The number of rotatable bonds is 7. The Morgan fingerprint density at radius 3 is 2.31 bits per heavy atom. The van der Waals surface area contributed by atoms with E-state index >= 15 is 0 Å². The monoisotopic (exact) mass is 470 g/mol. The second-order valence-electron chi connectivity index (χ2n) is 8.35. The predicted octanol–water partition coefficient (Wildman–Crippen LogP) is 4.80. The van der Waals surface area contributed by atoms with Crippen molar-refractivity contribution in [2.75, 3.05) is 11.5 Å². The number of pyridine rings is 1. The van der Waals surface area contributed by atoms with E-state index in [1.165, 1.54) is 24.3 Å². The molecule has 0 saturated carbocycles. The van der Waals surface area contributed by atoms with E-state index in [4.69, 9.17) is 4.74 Å². The predicted molar refractivity (Wildman–Crippen MR) is 129 cm³/mol. The minimum atomic E-state index is -1.00. The maximum Gasteiger partial charge on any atom is 0.259 e. The minimum Gasteiger partial charge on any atom is -0.508 e. The molecule has 7 heteroatoms. The molecule has 176 valence electrons. The Balaban J connectivity index is 1.37. The number of phenolic OH excluding ortho intramolecular Hbond substituents is 1. The molecule has 1 aliphatic rings. The van der Waals surface area contributed by atoms with Gasteiger partial charge in [-0.05, 0) is 64.7 Å². The van der Waals surface area contributed by atoms with Gasteiger partial charge in [0.05, 0.1) is 12.6 Å². The lowest BCUT2D eigenvalue weighted by Gasteiger charge is -2.47. The number of halogens is 1. The summed E-state index contributed by atoms with van der Waals surface area (Å²) >= 11 is 0. The van der Waals surface area contributed by atoms with E-state index in [0.717, 1.165) is 16.7 Å². The minimum absolute atomic E-state index is 0.121. The largest absolute Gasteiger partial charge is 0.508 e. The number of ether oxygens (including phenoxy) is 1. The molecular formula is C28H23FN2O4. The third-order valence-corrected chi connectivity index (χ3v) is 6.11. The van der Waals surface area contributed by atoms with Gasteiger partial charge in [0.2, 0.25) is 0 Å². The summed E-state index contributed by atoms with van der Waals surface area (Å²) in [6.45, 7) is -0.121. The van der Waals surface area contributed by atoms with E-state index in [-0.39, 0.29) is 18.3 Å². The summed E-state index contributed by atoms with van der Waals surface area (Å²) in [5.41, 5.74) is 3.95. The first-order valence-corrected chi connectivity index (χ1v) is 11.2. The third kappa shape index (κ3) is 4.64. The van der Waals surface area contributed by atoms with E-state index in [2.05, 4.69) is 4.98 Å². The van der Waals surface area contributed by atoms with E-state index in [1.807, 2.05) is 36.4 Å². The van der Waals surface area contributed by atoms with Crippen molar-refractivity contribution >= 4 is 11.6 Å². The van der Waals surface area contributed by atoms with Crippen molar-refractivity contribution in [1.29, 1.82) is 0 Å². The molecule has 5 rings (SSSR count). The van der Waals surface area contributed by atoms with Crippen LogP contribution in [0.3, 0.4) is 0 Å². The Bertz CT molecular complexity index is 1300. The molecule has 1 saturated heterocycles. The summed E-state index contributed by atoms with van der Waals surface area (Å²) in [5.74, 6) is -0.506. The van der Waals surface area contributed by atoms with Crippen LogP contribution in [0.15, 0.2) is 97.3 Å². The van der Waals surface area contributed by atoms with Gasteiger partial charge in [0.15, 0.2) is 6.10 Å². The molecule has 2 heterocycles. The Morgan fingerprint density at radius 1 is 0.943 bits per heavy atom.